The Morgan fingerprint density at radius 1 is 1.06 bits per heavy atom. The molecule has 0 radical (unpaired) electrons. The molecule has 0 bridgehead atoms. The number of aromatic nitrogens is 1. The fourth-order valence-electron chi connectivity index (χ4n) is 1.56. The van der Waals surface area contributed by atoms with Crippen LogP contribution in [0.15, 0.2) is 48.7 Å². The van der Waals surface area contributed by atoms with Gasteiger partial charge in [-0.3, -0.25) is 4.79 Å². The van der Waals surface area contributed by atoms with E-state index in [2.05, 4.69) is 5.43 Å². The van der Waals surface area contributed by atoms with Crippen molar-refractivity contribution in [2.75, 3.05) is 5.43 Å². The topological polar surface area (TPSA) is 33.0 Å². The van der Waals surface area contributed by atoms with Gasteiger partial charge in [-0.25, -0.2) is 0 Å². The van der Waals surface area contributed by atoms with Gasteiger partial charge >= 0.3 is 5.91 Å². The molecule has 0 aliphatic carbocycles. The van der Waals surface area contributed by atoms with Crippen LogP contribution in [0.1, 0.15) is 21.6 Å². The predicted molar refractivity (Wildman–Crippen MR) is 66.2 cm³/mol. The summed E-state index contributed by atoms with van der Waals surface area (Å²) < 4.78 is 1.74. The number of hydrogen-bond acceptors (Lipinski definition) is 1. The van der Waals surface area contributed by atoms with Gasteiger partial charge < -0.3 is 0 Å². The van der Waals surface area contributed by atoms with Crippen LogP contribution in [0.5, 0.6) is 0 Å². The number of nitrogens with one attached hydrogen (secondary N) is 1. The zero-order chi connectivity index (χ0) is 12.3. The molecule has 1 amide bonds. The van der Waals surface area contributed by atoms with E-state index >= 15 is 0 Å². The lowest BCUT2D eigenvalue weighted by Crippen LogP contribution is -2.50. The Kier molecular flexibility index (Phi) is 3.19. The van der Waals surface area contributed by atoms with Crippen molar-refractivity contribution in [3.8, 4) is 0 Å². The average Bonchev–Trinajstić information content (AvgIpc) is 2.35. The molecule has 1 aromatic heterocycles. The molecule has 3 heteroatoms. The molecular formula is C14H15N2O+. The standard InChI is InChI=1S/C14H14N2O/c1-11-8-9-12(2)16(10-11)15-14(17)13-6-4-3-5-7-13/h3-10H,1-2H3/p+1. The van der Waals surface area contributed by atoms with Crippen molar-refractivity contribution in [3.63, 3.8) is 0 Å². The van der Waals surface area contributed by atoms with Crippen molar-refractivity contribution in [2.45, 2.75) is 13.8 Å². The molecule has 2 aromatic rings. The molecule has 17 heavy (non-hydrogen) atoms. The first-order valence-corrected chi connectivity index (χ1v) is 5.52. The molecule has 0 fully saturated rings. The van der Waals surface area contributed by atoms with E-state index in [0.717, 1.165) is 11.3 Å². The normalized spacial score (nSPS) is 10.0. The van der Waals surface area contributed by atoms with Gasteiger partial charge in [-0.2, -0.15) is 0 Å². The van der Waals surface area contributed by atoms with Crippen molar-refractivity contribution in [3.05, 3.63) is 65.5 Å². The minimum Gasteiger partial charge on any atom is -0.264 e. The molecule has 0 saturated carbocycles. The van der Waals surface area contributed by atoms with Gasteiger partial charge in [0.15, 0.2) is 0 Å². The molecule has 0 unspecified atom stereocenters. The smallest absolute Gasteiger partial charge is 0.264 e. The van der Waals surface area contributed by atoms with Crippen LogP contribution >= 0.6 is 0 Å². The number of hydrogen-bond donors (Lipinski definition) is 1. The molecule has 86 valence electrons. The summed E-state index contributed by atoms with van der Waals surface area (Å²) in [4.78, 5) is 11.9. The van der Waals surface area contributed by atoms with E-state index in [9.17, 15) is 4.79 Å². The molecule has 1 heterocycles. The van der Waals surface area contributed by atoms with E-state index in [4.69, 9.17) is 0 Å². The maximum atomic E-state index is 11.9. The fourth-order valence-corrected chi connectivity index (χ4v) is 1.56. The highest BCUT2D eigenvalue weighted by molar-refractivity contribution is 5.98. The molecule has 0 aliphatic heterocycles. The van der Waals surface area contributed by atoms with Crippen LogP contribution in [0.25, 0.3) is 0 Å². The Hall–Kier alpha value is -2.16. The Balaban J connectivity index is 2.22. The van der Waals surface area contributed by atoms with E-state index in [-0.39, 0.29) is 5.91 Å². The second-order valence-electron chi connectivity index (χ2n) is 4.02. The summed E-state index contributed by atoms with van der Waals surface area (Å²) in [5.74, 6) is -0.107. The van der Waals surface area contributed by atoms with Crippen LogP contribution in [0.2, 0.25) is 0 Å². The lowest BCUT2D eigenvalue weighted by atomic mass is 10.2. The average molecular weight is 227 g/mol. The third-order valence-corrected chi connectivity index (χ3v) is 2.56. The third-order valence-electron chi connectivity index (χ3n) is 2.56. The van der Waals surface area contributed by atoms with Crippen LogP contribution in [-0.4, -0.2) is 5.91 Å². The number of nitrogens with zero attached hydrogens (tertiary/aromatic N) is 1. The van der Waals surface area contributed by atoms with Crippen LogP contribution in [0, 0.1) is 13.8 Å². The van der Waals surface area contributed by atoms with Crippen LogP contribution in [-0.2, 0) is 0 Å². The summed E-state index contributed by atoms with van der Waals surface area (Å²) in [6, 6.07) is 13.2. The second-order valence-corrected chi connectivity index (χ2v) is 4.02. The Morgan fingerprint density at radius 3 is 2.47 bits per heavy atom. The molecule has 0 atom stereocenters. The van der Waals surface area contributed by atoms with Crippen LogP contribution in [0.4, 0.5) is 0 Å². The summed E-state index contributed by atoms with van der Waals surface area (Å²) in [7, 11) is 0. The SMILES string of the molecule is Cc1ccc(C)[n+](NC(=O)c2ccccc2)c1. The van der Waals surface area contributed by atoms with E-state index < -0.39 is 0 Å². The summed E-state index contributed by atoms with van der Waals surface area (Å²) in [5, 5.41) is 0. The lowest BCUT2D eigenvalue weighted by Gasteiger charge is -2.02. The number of amides is 1. The summed E-state index contributed by atoms with van der Waals surface area (Å²) in [6.07, 6.45) is 1.90. The van der Waals surface area contributed by atoms with Gasteiger partial charge in [-0.15, -0.1) is 5.43 Å². The number of carbonyl (C=O) groups excluding carboxylic acids is 1. The maximum Gasteiger partial charge on any atom is 0.305 e. The van der Waals surface area contributed by atoms with Gasteiger partial charge in [0.05, 0.1) is 0 Å². The molecule has 3 nitrogen and oxygen atoms in total. The van der Waals surface area contributed by atoms with E-state index in [1.165, 1.54) is 0 Å². The Bertz CT molecular complexity index is 535. The quantitative estimate of drug-likeness (QED) is 0.782. The zero-order valence-electron chi connectivity index (χ0n) is 9.97. The Labute approximate surface area is 101 Å². The van der Waals surface area contributed by atoms with Crippen LogP contribution < -0.4 is 10.1 Å². The fraction of sp³-hybridized carbons (Fsp3) is 0.143. The molecule has 0 aliphatic rings. The van der Waals surface area contributed by atoms with Crippen LogP contribution in [0.3, 0.4) is 0 Å². The maximum absolute atomic E-state index is 11.9. The van der Waals surface area contributed by atoms with Gasteiger partial charge in [-0.05, 0) is 25.1 Å². The van der Waals surface area contributed by atoms with Gasteiger partial charge in [0.2, 0.25) is 11.9 Å². The first-order chi connectivity index (χ1) is 8.16. The summed E-state index contributed by atoms with van der Waals surface area (Å²) in [6.45, 7) is 3.94. The van der Waals surface area contributed by atoms with Crippen molar-refractivity contribution in [1.29, 1.82) is 0 Å². The van der Waals surface area contributed by atoms with Crippen molar-refractivity contribution < 1.29 is 9.47 Å². The van der Waals surface area contributed by atoms with Gasteiger partial charge in [0.25, 0.3) is 0 Å². The first kappa shape index (κ1) is 11.3. The lowest BCUT2D eigenvalue weighted by molar-refractivity contribution is -0.648. The largest absolute Gasteiger partial charge is 0.305 e. The van der Waals surface area contributed by atoms with Gasteiger partial charge in [-0.1, -0.05) is 22.9 Å². The first-order valence-electron chi connectivity index (χ1n) is 5.52. The summed E-state index contributed by atoms with van der Waals surface area (Å²) >= 11 is 0. The monoisotopic (exact) mass is 227 g/mol. The van der Waals surface area contributed by atoms with E-state index in [1.807, 2.05) is 50.4 Å². The number of pyridine rings is 1. The second kappa shape index (κ2) is 4.78. The third kappa shape index (κ3) is 2.69. The van der Waals surface area contributed by atoms with E-state index in [1.54, 1.807) is 16.8 Å². The molecule has 2 rings (SSSR count). The molecule has 1 N–H and O–H groups in total. The minimum absolute atomic E-state index is 0.107. The van der Waals surface area contributed by atoms with Crippen molar-refractivity contribution in [2.24, 2.45) is 0 Å². The molecular weight excluding hydrogens is 212 g/mol. The Morgan fingerprint density at radius 2 is 1.76 bits per heavy atom. The zero-order valence-corrected chi connectivity index (χ0v) is 9.97. The minimum atomic E-state index is -0.107. The highest BCUT2D eigenvalue weighted by Crippen LogP contribution is 1.99. The highest BCUT2D eigenvalue weighted by atomic mass is 16.2. The van der Waals surface area contributed by atoms with E-state index in [0.29, 0.717) is 5.56 Å². The number of aryl methyl sites for hydroxylation is 2. The number of rotatable bonds is 2. The predicted octanol–water partition coefficient (Wildman–Crippen LogP) is 1.97. The molecule has 1 aromatic carbocycles. The van der Waals surface area contributed by atoms with Crippen molar-refractivity contribution in [1.82, 2.24) is 0 Å². The molecule has 0 saturated heterocycles. The van der Waals surface area contributed by atoms with Crippen molar-refractivity contribution >= 4 is 5.91 Å². The number of benzene rings is 1. The van der Waals surface area contributed by atoms with Gasteiger partial charge in [0.1, 0.15) is 0 Å². The number of carbonyl (C=O) groups is 1. The molecule has 0 spiro atoms. The highest BCUT2D eigenvalue weighted by Gasteiger charge is 2.12. The summed E-state index contributed by atoms with van der Waals surface area (Å²) in [5.41, 5.74) is 5.59. The van der Waals surface area contributed by atoms with Gasteiger partial charge in [0, 0.05) is 24.1 Å².